The Hall–Kier alpha value is -2.06. The molecule has 1 aromatic rings. The van der Waals surface area contributed by atoms with Crippen LogP contribution in [-0.2, 0) is 9.59 Å². The number of amidine groups is 1. The van der Waals surface area contributed by atoms with Crippen LogP contribution in [0.5, 0.6) is 0 Å². The van der Waals surface area contributed by atoms with Crippen molar-refractivity contribution in [3.63, 3.8) is 0 Å². The summed E-state index contributed by atoms with van der Waals surface area (Å²) in [6.45, 7) is 1.85. The Balaban J connectivity index is 1.98. The van der Waals surface area contributed by atoms with Crippen molar-refractivity contribution < 1.29 is 9.59 Å². The minimum atomic E-state index is -0.627. The molecular weight excluding hydrogens is 326 g/mol. The zero-order valence-electron chi connectivity index (χ0n) is 11.7. The molecule has 5 N–H and O–H groups in total. The molecule has 0 spiro atoms. The van der Waals surface area contributed by atoms with Gasteiger partial charge in [0.2, 0.25) is 5.91 Å². The van der Waals surface area contributed by atoms with Crippen molar-refractivity contribution in [2.75, 3.05) is 5.32 Å². The molecule has 2 amide bonds. The number of carbonyl (C=O) groups excluding carboxylic acids is 2. The number of thioether (sulfide) groups is 1. The van der Waals surface area contributed by atoms with Gasteiger partial charge in [-0.25, -0.2) is 0 Å². The van der Waals surface area contributed by atoms with E-state index < -0.39 is 11.2 Å². The highest BCUT2D eigenvalue weighted by Gasteiger charge is 2.30. The third kappa shape index (κ3) is 4.22. The highest BCUT2D eigenvalue weighted by Crippen LogP contribution is 2.27. The van der Waals surface area contributed by atoms with E-state index in [2.05, 4.69) is 15.3 Å². The van der Waals surface area contributed by atoms with E-state index in [1.54, 1.807) is 18.2 Å². The molecule has 0 aliphatic carbocycles. The predicted octanol–water partition coefficient (Wildman–Crippen LogP) is 1.25. The smallest absolute Gasteiger partial charge is 0.262 e. The first-order valence-electron chi connectivity index (χ1n) is 6.30. The van der Waals surface area contributed by atoms with Gasteiger partial charge in [0, 0.05) is 17.1 Å². The molecule has 7 nitrogen and oxygen atoms in total. The number of aliphatic imine (C=N–C) groups is 2. The Morgan fingerprint density at radius 2 is 2.23 bits per heavy atom. The van der Waals surface area contributed by atoms with Gasteiger partial charge in [-0.05, 0) is 24.6 Å². The summed E-state index contributed by atoms with van der Waals surface area (Å²) in [5.41, 5.74) is 11.9. The lowest BCUT2D eigenvalue weighted by atomic mass is 10.2. The van der Waals surface area contributed by atoms with Crippen LogP contribution in [0.25, 0.3) is 0 Å². The summed E-state index contributed by atoms with van der Waals surface area (Å²) in [6.07, 6.45) is -0.0253. The van der Waals surface area contributed by atoms with Crippen LogP contribution in [0.15, 0.2) is 28.2 Å². The van der Waals surface area contributed by atoms with E-state index in [1.165, 1.54) is 0 Å². The normalized spacial score (nSPS) is 17.1. The number of nitrogens with one attached hydrogen (secondary N) is 1. The van der Waals surface area contributed by atoms with Gasteiger partial charge >= 0.3 is 0 Å². The quantitative estimate of drug-likeness (QED) is 0.565. The van der Waals surface area contributed by atoms with Crippen LogP contribution in [0.4, 0.5) is 5.69 Å². The molecular formula is C13H14ClN5O2S. The number of rotatable bonds is 3. The fraction of sp³-hybridized carbons (Fsp3) is 0.231. The second kappa shape index (κ2) is 6.80. The fourth-order valence-electron chi connectivity index (χ4n) is 1.76. The first-order valence-corrected chi connectivity index (χ1v) is 7.55. The van der Waals surface area contributed by atoms with Crippen LogP contribution in [0.2, 0.25) is 5.02 Å². The average Bonchev–Trinajstić information content (AvgIpc) is 2.73. The average molecular weight is 340 g/mol. The number of amides is 2. The van der Waals surface area contributed by atoms with Crippen molar-refractivity contribution in [2.45, 2.75) is 18.6 Å². The molecule has 9 heteroatoms. The number of guanidine groups is 1. The Morgan fingerprint density at radius 1 is 1.50 bits per heavy atom. The summed E-state index contributed by atoms with van der Waals surface area (Å²) in [5, 5.41) is 2.79. The van der Waals surface area contributed by atoms with Crippen molar-refractivity contribution in [1.82, 2.24) is 0 Å². The zero-order valence-corrected chi connectivity index (χ0v) is 13.2. The van der Waals surface area contributed by atoms with Gasteiger partial charge in [-0.15, -0.1) is 0 Å². The van der Waals surface area contributed by atoms with Gasteiger partial charge in [-0.2, -0.15) is 9.98 Å². The van der Waals surface area contributed by atoms with Crippen molar-refractivity contribution >= 4 is 52.0 Å². The molecule has 1 unspecified atom stereocenters. The molecule has 1 heterocycles. The second-order valence-electron chi connectivity index (χ2n) is 4.59. The van der Waals surface area contributed by atoms with Gasteiger partial charge in [-0.3, -0.25) is 9.59 Å². The van der Waals surface area contributed by atoms with E-state index in [4.69, 9.17) is 23.1 Å². The molecule has 2 rings (SSSR count). The van der Waals surface area contributed by atoms with Gasteiger partial charge in [0.05, 0.1) is 0 Å². The summed E-state index contributed by atoms with van der Waals surface area (Å²) < 4.78 is 0. The van der Waals surface area contributed by atoms with E-state index in [0.717, 1.165) is 17.3 Å². The Kier molecular flexibility index (Phi) is 5.04. The molecule has 1 aliphatic rings. The number of nitrogens with zero attached hydrogens (tertiary/aromatic N) is 2. The SMILES string of the molecule is Cc1ccc(Cl)cc1NC(=O)CC1SC(N=C(N)N)=NC1=O. The number of nitrogens with two attached hydrogens (primary N) is 2. The number of benzene rings is 1. The maximum Gasteiger partial charge on any atom is 0.262 e. The van der Waals surface area contributed by atoms with E-state index in [1.807, 2.05) is 6.92 Å². The Bertz CT molecular complexity index is 685. The van der Waals surface area contributed by atoms with E-state index in [9.17, 15) is 9.59 Å². The molecule has 0 aromatic heterocycles. The largest absolute Gasteiger partial charge is 0.370 e. The molecule has 22 heavy (non-hydrogen) atoms. The van der Waals surface area contributed by atoms with Gasteiger partial charge in [0.1, 0.15) is 5.25 Å². The third-order valence-corrected chi connectivity index (χ3v) is 4.08. The molecule has 1 atom stereocenters. The number of carbonyl (C=O) groups is 2. The summed E-state index contributed by atoms with van der Waals surface area (Å²) >= 11 is 6.95. The lowest BCUT2D eigenvalue weighted by molar-refractivity contribution is -0.121. The predicted molar refractivity (Wildman–Crippen MR) is 89.1 cm³/mol. The van der Waals surface area contributed by atoms with Gasteiger partial charge < -0.3 is 16.8 Å². The molecule has 0 saturated carbocycles. The van der Waals surface area contributed by atoms with Crippen LogP contribution >= 0.6 is 23.4 Å². The second-order valence-corrected chi connectivity index (χ2v) is 6.19. The van der Waals surface area contributed by atoms with Crippen LogP contribution in [0.3, 0.4) is 0 Å². The number of hydrogen-bond donors (Lipinski definition) is 3. The minimum absolute atomic E-state index is 0.0253. The van der Waals surface area contributed by atoms with Crippen LogP contribution in [-0.4, -0.2) is 28.2 Å². The third-order valence-electron chi connectivity index (χ3n) is 2.80. The molecule has 0 saturated heterocycles. The first-order chi connectivity index (χ1) is 10.3. The fourth-order valence-corrected chi connectivity index (χ4v) is 2.88. The van der Waals surface area contributed by atoms with E-state index in [-0.39, 0.29) is 23.5 Å². The van der Waals surface area contributed by atoms with Crippen molar-refractivity contribution in [3.05, 3.63) is 28.8 Å². The molecule has 0 fully saturated rings. The topological polar surface area (TPSA) is 123 Å². The van der Waals surface area contributed by atoms with Crippen molar-refractivity contribution in [2.24, 2.45) is 21.5 Å². The molecule has 1 aromatic carbocycles. The lowest BCUT2D eigenvalue weighted by Gasteiger charge is -2.10. The number of hydrogen-bond acceptors (Lipinski definition) is 4. The van der Waals surface area contributed by atoms with Gasteiger partial charge in [0.15, 0.2) is 11.1 Å². The molecule has 0 radical (unpaired) electrons. The maximum absolute atomic E-state index is 12.1. The van der Waals surface area contributed by atoms with Crippen LogP contribution in [0, 0.1) is 6.92 Å². The van der Waals surface area contributed by atoms with Crippen molar-refractivity contribution in [3.8, 4) is 0 Å². The van der Waals surface area contributed by atoms with Crippen LogP contribution in [0.1, 0.15) is 12.0 Å². The number of anilines is 1. The van der Waals surface area contributed by atoms with Crippen LogP contribution < -0.4 is 16.8 Å². The molecule has 1 aliphatic heterocycles. The maximum atomic E-state index is 12.1. The lowest BCUT2D eigenvalue weighted by Crippen LogP contribution is -2.23. The Labute approximate surface area is 136 Å². The highest BCUT2D eigenvalue weighted by atomic mass is 35.5. The first kappa shape index (κ1) is 16.3. The summed E-state index contributed by atoms with van der Waals surface area (Å²) in [7, 11) is 0. The van der Waals surface area contributed by atoms with E-state index in [0.29, 0.717) is 10.7 Å². The molecule has 116 valence electrons. The summed E-state index contributed by atoms with van der Waals surface area (Å²) in [4.78, 5) is 31.2. The van der Waals surface area contributed by atoms with E-state index >= 15 is 0 Å². The van der Waals surface area contributed by atoms with Gasteiger partial charge in [0.25, 0.3) is 5.91 Å². The zero-order chi connectivity index (χ0) is 16.3. The minimum Gasteiger partial charge on any atom is -0.370 e. The monoisotopic (exact) mass is 339 g/mol. The van der Waals surface area contributed by atoms with Gasteiger partial charge in [-0.1, -0.05) is 29.4 Å². The summed E-state index contributed by atoms with van der Waals surface area (Å²) in [6, 6.07) is 5.19. The number of aryl methyl sites for hydroxylation is 1. The number of halogens is 1. The summed E-state index contributed by atoms with van der Waals surface area (Å²) in [5.74, 6) is -0.918. The Morgan fingerprint density at radius 3 is 2.91 bits per heavy atom. The highest BCUT2D eigenvalue weighted by molar-refractivity contribution is 8.15. The standard InChI is InChI=1S/C13H14ClN5O2S/c1-6-2-3-7(14)4-8(6)17-10(20)5-9-11(21)18-13(22-9)19-12(15)16/h2-4,9H,5H2,1H3,(H,17,20)(H4,15,16,18,19,21). The molecule has 0 bridgehead atoms. The van der Waals surface area contributed by atoms with Crippen molar-refractivity contribution in [1.29, 1.82) is 0 Å².